The Labute approximate surface area is 129 Å². The number of hydrogen-bond donors (Lipinski definition) is 2. The summed E-state index contributed by atoms with van der Waals surface area (Å²) in [5.41, 5.74) is 6.92. The third-order valence-electron chi connectivity index (χ3n) is 4.14. The smallest absolute Gasteiger partial charge is 0.253 e. The van der Waals surface area contributed by atoms with E-state index in [-0.39, 0.29) is 5.91 Å². The molecule has 0 radical (unpaired) electrons. The van der Waals surface area contributed by atoms with E-state index in [1.807, 2.05) is 6.07 Å². The number of carbonyl (C=O) groups is 1. The summed E-state index contributed by atoms with van der Waals surface area (Å²) in [5, 5.41) is 2.99. The van der Waals surface area contributed by atoms with Gasteiger partial charge >= 0.3 is 0 Å². The first kappa shape index (κ1) is 15.4. The summed E-state index contributed by atoms with van der Waals surface area (Å²) in [5.74, 6) is 1.52. The molecular weight excluding hydrogens is 316 g/mol. The molecule has 0 saturated heterocycles. The van der Waals surface area contributed by atoms with E-state index in [2.05, 4.69) is 28.2 Å². The second-order valence-corrected chi connectivity index (χ2v) is 6.83. The van der Waals surface area contributed by atoms with Crippen LogP contribution in [0.2, 0.25) is 0 Å². The third kappa shape index (κ3) is 4.23. The lowest BCUT2D eigenvalue weighted by atomic mass is 9.81. The van der Waals surface area contributed by atoms with Gasteiger partial charge in [0.1, 0.15) is 0 Å². The SMILES string of the molecule is CC1CCCC(CCNC(=O)c2cc(Br)ccc2N)C1. The molecule has 20 heavy (non-hydrogen) atoms. The van der Waals surface area contributed by atoms with E-state index in [9.17, 15) is 4.79 Å². The standard InChI is InChI=1S/C16H23BrN2O/c1-11-3-2-4-12(9-11)7-8-19-16(20)14-10-13(17)5-6-15(14)18/h5-6,10-12H,2-4,7-9,18H2,1H3,(H,19,20). The lowest BCUT2D eigenvalue weighted by molar-refractivity contribution is 0.0950. The topological polar surface area (TPSA) is 55.1 Å². The Balaban J connectivity index is 1.81. The van der Waals surface area contributed by atoms with Crippen molar-refractivity contribution in [2.75, 3.05) is 12.3 Å². The van der Waals surface area contributed by atoms with Crippen molar-refractivity contribution in [1.82, 2.24) is 5.32 Å². The van der Waals surface area contributed by atoms with Crippen molar-refractivity contribution < 1.29 is 4.79 Å². The van der Waals surface area contributed by atoms with Crippen LogP contribution in [0.4, 0.5) is 5.69 Å². The molecule has 0 spiro atoms. The highest BCUT2D eigenvalue weighted by Crippen LogP contribution is 2.30. The van der Waals surface area contributed by atoms with Gasteiger partial charge in [0.15, 0.2) is 0 Å². The van der Waals surface area contributed by atoms with Gasteiger partial charge < -0.3 is 11.1 Å². The summed E-state index contributed by atoms with van der Waals surface area (Å²) < 4.78 is 0.873. The molecule has 1 aromatic rings. The van der Waals surface area contributed by atoms with Crippen molar-refractivity contribution in [1.29, 1.82) is 0 Å². The number of rotatable bonds is 4. The first-order chi connectivity index (χ1) is 9.56. The van der Waals surface area contributed by atoms with E-state index >= 15 is 0 Å². The molecule has 3 nitrogen and oxygen atoms in total. The number of carbonyl (C=O) groups excluding carboxylic acids is 1. The Kier molecular flexibility index (Phi) is 5.46. The Morgan fingerprint density at radius 1 is 1.45 bits per heavy atom. The summed E-state index contributed by atoms with van der Waals surface area (Å²) in [6.45, 7) is 3.06. The molecule has 2 unspecified atom stereocenters. The Hall–Kier alpha value is -1.03. The monoisotopic (exact) mass is 338 g/mol. The van der Waals surface area contributed by atoms with Crippen LogP contribution < -0.4 is 11.1 Å². The lowest BCUT2D eigenvalue weighted by Crippen LogP contribution is -2.27. The minimum absolute atomic E-state index is 0.0762. The molecule has 1 aromatic carbocycles. The molecule has 0 aliphatic heterocycles. The van der Waals surface area contributed by atoms with Gasteiger partial charge in [-0.3, -0.25) is 4.79 Å². The first-order valence-corrected chi connectivity index (χ1v) is 8.18. The molecule has 1 fully saturated rings. The van der Waals surface area contributed by atoms with Gasteiger partial charge in [-0.1, -0.05) is 42.1 Å². The number of anilines is 1. The van der Waals surface area contributed by atoms with Crippen LogP contribution in [0.1, 0.15) is 49.4 Å². The van der Waals surface area contributed by atoms with Crippen LogP contribution in [-0.2, 0) is 0 Å². The number of benzene rings is 1. The number of nitrogen functional groups attached to an aromatic ring is 1. The van der Waals surface area contributed by atoms with Crippen LogP contribution in [0.25, 0.3) is 0 Å². The van der Waals surface area contributed by atoms with Gasteiger partial charge in [-0.25, -0.2) is 0 Å². The fourth-order valence-corrected chi connectivity index (χ4v) is 3.39. The average molecular weight is 339 g/mol. The van der Waals surface area contributed by atoms with E-state index < -0.39 is 0 Å². The van der Waals surface area contributed by atoms with Crippen LogP contribution in [0.15, 0.2) is 22.7 Å². The van der Waals surface area contributed by atoms with E-state index in [1.165, 1.54) is 25.7 Å². The summed E-state index contributed by atoms with van der Waals surface area (Å²) in [4.78, 5) is 12.1. The molecule has 3 N–H and O–H groups in total. The van der Waals surface area contributed by atoms with Crippen LogP contribution in [0.5, 0.6) is 0 Å². The second-order valence-electron chi connectivity index (χ2n) is 5.91. The quantitative estimate of drug-likeness (QED) is 0.816. The lowest BCUT2D eigenvalue weighted by Gasteiger charge is -2.26. The highest BCUT2D eigenvalue weighted by molar-refractivity contribution is 9.10. The van der Waals surface area contributed by atoms with E-state index in [0.717, 1.165) is 29.3 Å². The maximum Gasteiger partial charge on any atom is 0.253 e. The summed E-state index contributed by atoms with van der Waals surface area (Å²) in [7, 11) is 0. The van der Waals surface area contributed by atoms with Crippen molar-refractivity contribution in [3.8, 4) is 0 Å². The number of nitrogens with two attached hydrogens (primary N) is 1. The Morgan fingerprint density at radius 3 is 3.00 bits per heavy atom. The van der Waals surface area contributed by atoms with Gasteiger partial charge in [-0.2, -0.15) is 0 Å². The van der Waals surface area contributed by atoms with E-state index in [1.54, 1.807) is 12.1 Å². The van der Waals surface area contributed by atoms with Gasteiger partial charge in [0, 0.05) is 16.7 Å². The molecule has 1 amide bonds. The predicted octanol–water partition coefficient (Wildman–Crippen LogP) is 3.98. The number of halogens is 1. The molecular formula is C16H23BrN2O. The van der Waals surface area contributed by atoms with E-state index in [4.69, 9.17) is 5.73 Å². The zero-order chi connectivity index (χ0) is 14.5. The van der Waals surface area contributed by atoms with Crippen molar-refractivity contribution in [2.45, 2.75) is 39.0 Å². The van der Waals surface area contributed by atoms with E-state index in [0.29, 0.717) is 11.3 Å². The number of hydrogen-bond acceptors (Lipinski definition) is 2. The molecule has 1 aliphatic rings. The van der Waals surface area contributed by atoms with Gasteiger partial charge in [0.05, 0.1) is 5.56 Å². The zero-order valence-electron chi connectivity index (χ0n) is 12.0. The van der Waals surface area contributed by atoms with Crippen LogP contribution in [0.3, 0.4) is 0 Å². The van der Waals surface area contributed by atoms with Gasteiger partial charge in [-0.15, -0.1) is 0 Å². The molecule has 4 heteroatoms. The van der Waals surface area contributed by atoms with Gasteiger partial charge in [0.2, 0.25) is 0 Å². The molecule has 0 bridgehead atoms. The average Bonchev–Trinajstić information content (AvgIpc) is 2.41. The maximum atomic E-state index is 12.1. The maximum absolute atomic E-state index is 12.1. The molecule has 2 rings (SSSR count). The summed E-state index contributed by atoms with van der Waals surface area (Å²) in [6.07, 6.45) is 6.37. The van der Waals surface area contributed by atoms with Crippen molar-refractivity contribution in [3.63, 3.8) is 0 Å². The second kappa shape index (κ2) is 7.11. The zero-order valence-corrected chi connectivity index (χ0v) is 13.6. The minimum atomic E-state index is -0.0762. The van der Waals surface area contributed by atoms with Crippen LogP contribution in [-0.4, -0.2) is 12.5 Å². The van der Waals surface area contributed by atoms with Crippen molar-refractivity contribution in [2.24, 2.45) is 11.8 Å². The van der Waals surface area contributed by atoms with Gasteiger partial charge in [0.25, 0.3) is 5.91 Å². The van der Waals surface area contributed by atoms with Crippen molar-refractivity contribution in [3.05, 3.63) is 28.2 Å². The highest BCUT2D eigenvalue weighted by atomic mass is 79.9. The fraction of sp³-hybridized carbons (Fsp3) is 0.562. The largest absolute Gasteiger partial charge is 0.398 e. The van der Waals surface area contributed by atoms with Gasteiger partial charge in [-0.05, 0) is 42.9 Å². The highest BCUT2D eigenvalue weighted by Gasteiger charge is 2.19. The molecule has 0 heterocycles. The summed E-state index contributed by atoms with van der Waals surface area (Å²) >= 11 is 3.37. The Morgan fingerprint density at radius 2 is 2.25 bits per heavy atom. The summed E-state index contributed by atoms with van der Waals surface area (Å²) in [6, 6.07) is 5.37. The molecule has 0 aromatic heterocycles. The normalized spacial score (nSPS) is 22.5. The number of nitrogens with one attached hydrogen (secondary N) is 1. The number of amides is 1. The molecule has 2 atom stereocenters. The third-order valence-corrected chi connectivity index (χ3v) is 4.64. The Bertz CT molecular complexity index is 476. The van der Waals surface area contributed by atoms with Crippen molar-refractivity contribution >= 4 is 27.5 Å². The minimum Gasteiger partial charge on any atom is -0.398 e. The van der Waals surface area contributed by atoms with Crippen LogP contribution >= 0.6 is 15.9 Å². The van der Waals surface area contributed by atoms with Crippen LogP contribution in [0, 0.1) is 11.8 Å². The molecule has 110 valence electrons. The fourth-order valence-electron chi connectivity index (χ4n) is 3.03. The molecule has 1 saturated carbocycles. The first-order valence-electron chi connectivity index (χ1n) is 7.39. The molecule has 1 aliphatic carbocycles. The predicted molar refractivity (Wildman–Crippen MR) is 86.6 cm³/mol.